The Hall–Kier alpha value is -2.38. The summed E-state index contributed by atoms with van der Waals surface area (Å²) in [5, 5.41) is -1.11. The molecule has 0 aliphatic heterocycles. The van der Waals surface area contributed by atoms with Crippen molar-refractivity contribution in [1.29, 1.82) is 0 Å². The van der Waals surface area contributed by atoms with E-state index >= 15 is 0 Å². The van der Waals surface area contributed by atoms with Crippen molar-refractivity contribution in [2.75, 3.05) is 14.2 Å². The van der Waals surface area contributed by atoms with E-state index in [1.54, 1.807) is 62.8 Å². The highest BCUT2D eigenvalue weighted by Gasteiger charge is 2.28. The van der Waals surface area contributed by atoms with Crippen molar-refractivity contribution in [2.24, 2.45) is 0 Å². The first-order valence-corrected chi connectivity index (χ1v) is 9.61. The molecule has 6 nitrogen and oxygen atoms in total. The van der Waals surface area contributed by atoms with Crippen LogP contribution in [0.25, 0.3) is 0 Å². The number of nitrogens with zero attached hydrogens (tertiary/aromatic N) is 1. The highest BCUT2D eigenvalue weighted by molar-refractivity contribution is 7.90. The van der Waals surface area contributed by atoms with Gasteiger partial charge in [0.15, 0.2) is 0 Å². The Morgan fingerprint density at radius 3 is 1.58 bits per heavy atom. The number of sulfonamides is 1. The lowest BCUT2D eigenvalue weighted by atomic mass is 10.2. The van der Waals surface area contributed by atoms with Gasteiger partial charge in [0, 0.05) is 13.1 Å². The molecule has 26 heavy (non-hydrogen) atoms. The molecule has 0 aliphatic carbocycles. The van der Waals surface area contributed by atoms with Crippen LogP contribution in [0.3, 0.4) is 0 Å². The summed E-state index contributed by atoms with van der Waals surface area (Å²) in [6, 6.07) is 14.3. The normalized spacial score (nSPS) is 12.6. The SMILES string of the molecule is COc1ccc(CN(Cc2ccc(OC)cc2)S(=O)(=O)[C@@H](C)C=O)cc1. The second-order valence-electron chi connectivity index (χ2n) is 5.85. The van der Waals surface area contributed by atoms with E-state index in [1.165, 1.54) is 11.2 Å². The highest BCUT2D eigenvalue weighted by Crippen LogP contribution is 2.20. The zero-order valence-electron chi connectivity index (χ0n) is 15.1. The number of carbonyl (C=O) groups excluding carboxylic acids is 1. The molecule has 1 atom stereocenters. The van der Waals surface area contributed by atoms with Crippen molar-refractivity contribution in [3.8, 4) is 11.5 Å². The van der Waals surface area contributed by atoms with Gasteiger partial charge in [-0.1, -0.05) is 24.3 Å². The van der Waals surface area contributed by atoms with E-state index in [0.717, 1.165) is 11.1 Å². The number of hydrogen-bond acceptors (Lipinski definition) is 5. The van der Waals surface area contributed by atoms with Crippen LogP contribution in [0.4, 0.5) is 0 Å². The van der Waals surface area contributed by atoms with E-state index in [-0.39, 0.29) is 13.1 Å². The van der Waals surface area contributed by atoms with Crippen molar-refractivity contribution in [3.63, 3.8) is 0 Å². The molecule has 2 aromatic rings. The van der Waals surface area contributed by atoms with Gasteiger partial charge in [0.2, 0.25) is 10.0 Å². The number of rotatable bonds is 9. The molecule has 0 bridgehead atoms. The molecule has 140 valence electrons. The van der Waals surface area contributed by atoms with Gasteiger partial charge < -0.3 is 14.3 Å². The Kier molecular flexibility index (Phi) is 6.76. The first kappa shape index (κ1) is 19.9. The van der Waals surface area contributed by atoms with Gasteiger partial charge in [-0.05, 0) is 42.3 Å². The maximum absolute atomic E-state index is 12.8. The summed E-state index contributed by atoms with van der Waals surface area (Å²) >= 11 is 0. The Morgan fingerprint density at radius 2 is 1.27 bits per heavy atom. The number of ether oxygens (including phenoxy) is 2. The number of hydrogen-bond donors (Lipinski definition) is 0. The second kappa shape index (κ2) is 8.82. The molecule has 0 amide bonds. The van der Waals surface area contributed by atoms with E-state index in [9.17, 15) is 13.2 Å². The third-order valence-corrected chi connectivity index (χ3v) is 6.09. The van der Waals surface area contributed by atoms with E-state index in [2.05, 4.69) is 0 Å². The quantitative estimate of drug-likeness (QED) is 0.628. The number of methoxy groups -OCH3 is 2. The fourth-order valence-corrected chi connectivity index (χ4v) is 3.68. The van der Waals surface area contributed by atoms with E-state index in [4.69, 9.17) is 9.47 Å². The molecule has 0 aliphatic rings. The minimum absolute atomic E-state index is 0.163. The summed E-state index contributed by atoms with van der Waals surface area (Å²) in [7, 11) is -0.635. The number of aldehydes is 1. The minimum atomic E-state index is -3.78. The van der Waals surface area contributed by atoms with Gasteiger partial charge in [0.1, 0.15) is 23.0 Å². The van der Waals surface area contributed by atoms with E-state index in [0.29, 0.717) is 17.8 Å². The molecule has 7 heteroatoms. The van der Waals surface area contributed by atoms with E-state index in [1.807, 2.05) is 0 Å². The van der Waals surface area contributed by atoms with Crippen molar-refractivity contribution in [2.45, 2.75) is 25.3 Å². The summed E-state index contributed by atoms with van der Waals surface area (Å²) in [5.74, 6) is 1.39. The van der Waals surface area contributed by atoms with Gasteiger partial charge in [-0.3, -0.25) is 0 Å². The number of benzene rings is 2. The Balaban J connectivity index is 2.29. The maximum Gasteiger partial charge on any atom is 0.224 e. The van der Waals surface area contributed by atoms with Gasteiger partial charge in [0.25, 0.3) is 0 Å². The summed E-state index contributed by atoms with van der Waals surface area (Å²) in [6.45, 7) is 1.71. The molecule has 0 aromatic heterocycles. The second-order valence-corrected chi connectivity index (χ2v) is 8.14. The molecule has 0 spiro atoms. The van der Waals surface area contributed by atoms with Crippen LogP contribution in [0.2, 0.25) is 0 Å². The van der Waals surface area contributed by atoms with Crippen LogP contribution >= 0.6 is 0 Å². The Labute approximate surface area is 154 Å². The smallest absolute Gasteiger partial charge is 0.224 e. The maximum atomic E-state index is 12.8. The summed E-state index contributed by atoms with van der Waals surface area (Å²) < 4.78 is 37.1. The molecule has 0 radical (unpaired) electrons. The van der Waals surface area contributed by atoms with E-state index < -0.39 is 15.3 Å². The zero-order chi connectivity index (χ0) is 19.2. The summed E-state index contributed by atoms with van der Waals surface area (Å²) in [6.07, 6.45) is 0.449. The average Bonchev–Trinajstić information content (AvgIpc) is 2.67. The first-order valence-electron chi connectivity index (χ1n) is 8.11. The fourth-order valence-electron chi connectivity index (χ4n) is 2.41. The molecular weight excluding hydrogens is 354 g/mol. The first-order chi connectivity index (χ1) is 12.4. The molecule has 0 saturated heterocycles. The van der Waals surface area contributed by atoms with Gasteiger partial charge in [-0.15, -0.1) is 0 Å². The van der Waals surface area contributed by atoms with Gasteiger partial charge in [-0.25, -0.2) is 8.42 Å². The monoisotopic (exact) mass is 377 g/mol. The molecule has 0 fully saturated rings. The molecule has 2 aromatic carbocycles. The van der Waals surface area contributed by atoms with Crippen LogP contribution in [0.5, 0.6) is 11.5 Å². The van der Waals surface area contributed by atoms with Crippen LogP contribution in [0, 0.1) is 0 Å². The van der Waals surface area contributed by atoms with Gasteiger partial charge in [-0.2, -0.15) is 4.31 Å². The minimum Gasteiger partial charge on any atom is -0.497 e. The van der Waals surface area contributed by atoms with Crippen LogP contribution in [0.1, 0.15) is 18.1 Å². The Morgan fingerprint density at radius 1 is 0.885 bits per heavy atom. The van der Waals surface area contributed by atoms with Crippen molar-refractivity contribution in [1.82, 2.24) is 4.31 Å². The van der Waals surface area contributed by atoms with Crippen LogP contribution in [-0.2, 0) is 27.9 Å². The molecule has 2 rings (SSSR count). The third-order valence-electron chi connectivity index (χ3n) is 4.06. The molecule has 0 saturated carbocycles. The predicted octanol–water partition coefficient (Wildman–Crippen LogP) is 2.62. The molecule has 0 unspecified atom stereocenters. The van der Waals surface area contributed by atoms with Crippen LogP contribution in [-0.4, -0.2) is 38.5 Å². The lowest BCUT2D eigenvalue weighted by Gasteiger charge is -2.24. The average molecular weight is 377 g/mol. The summed E-state index contributed by atoms with van der Waals surface area (Å²) in [4.78, 5) is 11.1. The van der Waals surface area contributed by atoms with Crippen molar-refractivity contribution >= 4 is 16.3 Å². The Bertz CT molecular complexity index is 767. The number of carbonyl (C=O) groups is 1. The molecule has 0 N–H and O–H groups in total. The van der Waals surface area contributed by atoms with Crippen molar-refractivity contribution < 1.29 is 22.7 Å². The fraction of sp³-hybridized carbons (Fsp3) is 0.316. The van der Waals surface area contributed by atoms with Crippen LogP contribution < -0.4 is 9.47 Å². The molecule has 0 heterocycles. The topological polar surface area (TPSA) is 72.9 Å². The largest absolute Gasteiger partial charge is 0.497 e. The third kappa shape index (κ3) is 4.83. The predicted molar refractivity (Wildman–Crippen MR) is 99.7 cm³/mol. The van der Waals surface area contributed by atoms with Crippen molar-refractivity contribution in [3.05, 3.63) is 59.7 Å². The molecular formula is C19H23NO5S. The van der Waals surface area contributed by atoms with Gasteiger partial charge in [0.05, 0.1) is 14.2 Å². The zero-order valence-corrected chi connectivity index (χ0v) is 15.9. The highest BCUT2D eigenvalue weighted by atomic mass is 32.2. The lowest BCUT2D eigenvalue weighted by molar-refractivity contribution is -0.107. The van der Waals surface area contributed by atoms with Crippen LogP contribution in [0.15, 0.2) is 48.5 Å². The lowest BCUT2D eigenvalue weighted by Crippen LogP contribution is -2.37. The summed E-state index contributed by atoms with van der Waals surface area (Å²) in [5.41, 5.74) is 1.61. The standard InChI is InChI=1S/C19H23NO5S/c1-15(14-21)26(22,23)20(12-16-4-8-18(24-2)9-5-16)13-17-6-10-19(25-3)11-7-17/h4-11,14-15H,12-13H2,1-3H3/t15-/m0/s1. The van der Waals surface area contributed by atoms with Gasteiger partial charge >= 0.3 is 0 Å².